The van der Waals surface area contributed by atoms with E-state index in [0.717, 1.165) is 39.0 Å². The van der Waals surface area contributed by atoms with E-state index < -0.39 is 0 Å². The molecule has 2 saturated heterocycles. The standard InChI is InChI=1S/C27H34N4O3/c1-2-3-13-31-20-23(18-25(31)32)26(33)28-24-11-9-22(10-12-24)27(34)30-16-14-29(15-17-30)19-21-7-5-4-6-8-21/h4-12,23H,2-3,13-20H2,1H3,(H,28,33). The lowest BCUT2D eigenvalue weighted by Gasteiger charge is -2.34. The first kappa shape index (κ1) is 24.0. The fraction of sp³-hybridized carbons (Fsp3) is 0.444. The molecule has 1 atom stereocenters. The number of nitrogens with zero attached hydrogens (tertiary/aromatic N) is 3. The van der Waals surface area contributed by atoms with Gasteiger partial charge in [-0.1, -0.05) is 43.7 Å². The summed E-state index contributed by atoms with van der Waals surface area (Å²) in [6.45, 7) is 7.30. The Morgan fingerprint density at radius 3 is 2.35 bits per heavy atom. The van der Waals surface area contributed by atoms with Gasteiger partial charge in [0.15, 0.2) is 0 Å². The Balaban J connectivity index is 1.25. The third-order valence-corrected chi connectivity index (χ3v) is 6.67. The van der Waals surface area contributed by atoms with E-state index in [1.807, 2.05) is 11.0 Å². The number of amides is 3. The summed E-state index contributed by atoms with van der Waals surface area (Å²) >= 11 is 0. The van der Waals surface area contributed by atoms with Crippen molar-refractivity contribution in [1.29, 1.82) is 0 Å². The summed E-state index contributed by atoms with van der Waals surface area (Å²) in [7, 11) is 0. The Morgan fingerprint density at radius 1 is 0.971 bits per heavy atom. The molecule has 0 spiro atoms. The maximum Gasteiger partial charge on any atom is 0.253 e. The van der Waals surface area contributed by atoms with Gasteiger partial charge in [0.05, 0.1) is 5.92 Å². The fourth-order valence-corrected chi connectivity index (χ4v) is 4.59. The first-order valence-electron chi connectivity index (χ1n) is 12.3. The predicted molar refractivity (Wildman–Crippen MR) is 132 cm³/mol. The molecule has 3 amide bonds. The highest BCUT2D eigenvalue weighted by atomic mass is 16.2. The molecule has 0 radical (unpaired) electrons. The zero-order valence-corrected chi connectivity index (χ0v) is 19.9. The zero-order valence-electron chi connectivity index (χ0n) is 19.9. The minimum atomic E-state index is -0.321. The lowest BCUT2D eigenvalue weighted by molar-refractivity contribution is -0.128. The quantitative estimate of drug-likeness (QED) is 0.654. The normalized spacial score (nSPS) is 18.9. The van der Waals surface area contributed by atoms with E-state index in [9.17, 15) is 14.4 Å². The molecule has 2 aromatic carbocycles. The fourth-order valence-electron chi connectivity index (χ4n) is 4.59. The average molecular weight is 463 g/mol. The first-order chi connectivity index (χ1) is 16.5. The van der Waals surface area contributed by atoms with E-state index in [1.54, 1.807) is 29.2 Å². The van der Waals surface area contributed by atoms with Crippen molar-refractivity contribution < 1.29 is 14.4 Å². The van der Waals surface area contributed by atoms with Crippen LogP contribution in [-0.2, 0) is 16.1 Å². The van der Waals surface area contributed by atoms with E-state index in [4.69, 9.17) is 0 Å². The van der Waals surface area contributed by atoms with Gasteiger partial charge in [0.25, 0.3) is 5.91 Å². The molecule has 0 aliphatic carbocycles. The molecule has 2 fully saturated rings. The van der Waals surface area contributed by atoms with Gasteiger partial charge >= 0.3 is 0 Å². The molecule has 0 bridgehead atoms. The summed E-state index contributed by atoms with van der Waals surface area (Å²) in [6.07, 6.45) is 2.25. The molecule has 1 unspecified atom stereocenters. The number of unbranched alkanes of at least 4 members (excludes halogenated alkanes) is 1. The molecular weight excluding hydrogens is 428 g/mol. The molecule has 4 rings (SSSR count). The number of likely N-dealkylation sites (tertiary alicyclic amines) is 1. The van der Waals surface area contributed by atoms with Gasteiger partial charge in [-0.25, -0.2) is 0 Å². The van der Waals surface area contributed by atoms with Gasteiger partial charge in [0.1, 0.15) is 0 Å². The third-order valence-electron chi connectivity index (χ3n) is 6.67. The minimum Gasteiger partial charge on any atom is -0.342 e. The smallest absolute Gasteiger partial charge is 0.253 e. The number of carbonyl (C=O) groups is 3. The highest BCUT2D eigenvalue weighted by Gasteiger charge is 2.33. The van der Waals surface area contributed by atoms with E-state index in [0.29, 0.717) is 30.9 Å². The van der Waals surface area contributed by atoms with Gasteiger partial charge in [0.2, 0.25) is 11.8 Å². The van der Waals surface area contributed by atoms with Crippen molar-refractivity contribution in [3.05, 3.63) is 65.7 Å². The summed E-state index contributed by atoms with van der Waals surface area (Å²) < 4.78 is 0. The van der Waals surface area contributed by atoms with Crippen LogP contribution < -0.4 is 5.32 Å². The van der Waals surface area contributed by atoms with Crippen molar-refractivity contribution in [3.8, 4) is 0 Å². The molecule has 1 N–H and O–H groups in total. The highest BCUT2D eigenvalue weighted by molar-refractivity contribution is 5.98. The van der Waals surface area contributed by atoms with E-state index in [-0.39, 0.29) is 30.1 Å². The van der Waals surface area contributed by atoms with Crippen molar-refractivity contribution in [1.82, 2.24) is 14.7 Å². The van der Waals surface area contributed by atoms with Crippen LogP contribution in [0.15, 0.2) is 54.6 Å². The van der Waals surface area contributed by atoms with Crippen LogP contribution in [0.1, 0.15) is 42.1 Å². The predicted octanol–water partition coefficient (Wildman–Crippen LogP) is 3.23. The molecule has 7 nitrogen and oxygen atoms in total. The number of benzene rings is 2. The number of anilines is 1. The van der Waals surface area contributed by atoms with Crippen molar-refractivity contribution in [2.75, 3.05) is 44.6 Å². The summed E-state index contributed by atoms with van der Waals surface area (Å²) in [5.74, 6) is -0.387. The number of piperazine rings is 1. The van der Waals surface area contributed by atoms with Crippen LogP contribution in [0.5, 0.6) is 0 Å². The topological polar surface area (TPSA) is 73.0 Å². The van der Waals surface area contributed by atoms with Crippen LogP contribution in [0.4, 0.5) is 5.69 Å². The number of carbonyl (C=O) groups excluding carboxylic acids is 3. The number of hydrogen-bond acceptors (Lipinski definition) is 4. The molecule has 0 saturated carbocycles. The lowest BCUT2D eigenvalue weighted by atomic mass is 10.1. The van der Waals surface area contributed by atoms with Crippen molar-refractivity contribution in [3.63, 3.8) is 0 Å². The van der Waals surface area contributed by atoms with Gasteiger partial charge in [-0.3, -0.25) is 19.3 Å². The van der Waals surface area contributed by atoms with Gasteiger partial charge < -0.3 is 15.1 Å². The van der Waals surface area contributed by atoms with Crippen LogP contribution in [0.25, 0.3) is 0 Å². The Bertz CT molecular complexity index is 985. The second-order valence-electron chi connectivity index (χ2n) is 9.21. The Morgan fingerprint density at radius 2 is 1.68 bits per heavy atom. The van der Waals surface area contributed by atoms with Crippen LogP contribution in [0.3, 0.4) is 0 Å². The van der Waals surface area contributed by atoms with Crippen molar-refractivity contribution in [2.45, 2.75) is 32.7 Å². The molecule has 2 aromatic rings. The second kappa shape index (κ2) is 11.3. The minimum absolute atomic E-state index is 0.0187. The second-order valence-corrected chi connectivity index (χ2v) is 9.21. The number of nitrogens with one attached hydrogen (secondary N) is 1. The molecule has 0 aromatic heterocycles. The number of rotatable bonds is 8. The maximum atomic E-state index is 12.9. The summed E-state index contributed by atoms with van der Waals surface area (Å²) in [6, 6.07) is 17.5. The average Bonchev–Trinajstić information content (AvgIpc) is 3.24. The monoisotopic (exact) mass is 462 g/mol. The van der Waals surface area contributed by atoms with Crippen LogP contribution in [0, 0.1) is 5.92 Å². The first-order valence-corrected chi connectivity index (χ1v) is 12.3. The Kier molecular flexibility index (Phi) is 7.95. The third kappa shape index (κ3) is 6.03. The molecule has 2 heterocycles. The van der Waals surface area contributed by atoms with E-state index in [2.05, 4.69) is 41.4 Å². The summed E-state index contributed by atoms with van der Waals surface area (Å²) in [5.41, 5.74) is 2.56. The van der Waals surface area contributed by atoms with E-state index in [1.165, 1.54) is 5.56 Å². The van der Waals surface area contributed by atoms with Crippen LogP contribution in [-0.4, -0.2) is 71.7 Å². The molecule has 7 heteroatoms. The van der Waals surface area contributed by atoms with Gasteiger partial charge in [-0.2, -0.15) is 0 Å². The largest absolute Gasteiger partial charge is 0.342 e. The van der Waals surface area contributed by atoms with E-state index >= 15 is 0 Å². The van der Waals surface area contributed by atoms with Gasteiger partial charge in [-0.15, -0.1) is 0 Å². The van der Waals surface area contributed by atoms with Gasteiger partial charge in [-0.05, 0) is 36.2 Å². The molecule has 2 aliphatic heterocycles. The molecule has 2 aliphatic rings. The van der Waals surface area contributed by atoms with Crippen molar-refractivity contribution in [2.24, 2.45) is 5.92 Å². The number of hydrogen-bond donors (Lipinski definition) is 1. The van der Waals surface area contributed by atoms with Crippen molar-refractivity contribution >= 4 is 23.4 Å². The summed E-state index contributed by atoms with van der Waals surface area (Å²) in [4.78, 5) is 43.8. The van der Waals surface area contributed by atoms with Crippen LogP contribution >= 0.6 is 0 Å². The van der Waals surface area contributed by atoms with Crippen LogP contribution in [0.2, 0.25) is 0 Å². The lowest BCUT2D eigenvalue weighted by Crippen LogP contribution is -2.48. The highest BCUT2D eigenvalue weighted by Crippen LogP contribution is 2.21. The molecular formula is C27H34N4O3. The molecule has 34 heavy (non-hydrogen) atoms. The molecule has 180 valence electrons. The summed E-state index contributed by atoms with van der Waals surface area (Å²) in [5, 5.41) is 2.91. The Hall–Kier alpha value is -3.19. The SMILES string of the molecule is CCCCN1CC(C(=O)Nc2ccc(C(=O)N3CCN(Cc4ccccc4)CC3)cc2)CC1=O. The zero-order chi connectivity index (χ0) is 23.9. The maximum absolute atomic E-state index is 12.9. The van der Waals surface area contributed by atoms with Gasteiger partial charge in [0, 0.05) is 63.5 Å². The Labute approximate surface area is 201 Å².